The van der Waals surface area contributed by atoms with Gasteiger partial charge in [-0.05, 0) is 55.2 Å². The Hall–Kier alpha value is -2.86. The van der Waals surface area contributed by atoms with Crippen LogP contribution >= 0.6 is 0 Å². The van der Waals surface area contributed by atoms with Gasteiger partial charge in [-0.25, -0.2) is 0 Å². The van der Waals surface area contributed by atoms with E-state index in [9.17, 15) is 9.59 Å². The number of hydrogen-bond acceptors (Lipinski definition) is 4. The maximum atomic E-state index is 12.6. The third-order valence-electron chi connectivity index (χ3n) is 6.19. The summed E-state index contributed by atoms with van der Waals surface area (Å²) in [6, 6.07) is 16.2. The molecule has 0 spiro atoms. The standard InChI is InChI=1S/C27H35N3O3/c31-26(29-17-21-9-10-21)16-23-11-12-25-24(15-23)19-30(18-22-7-3-1-4-8-22)20-27(32)28-13-5-2-6-14-33-25/h1,3-4,7-8,11-12,15,21H,2,5-6,9-10,13-14,16-20H2,(H,28,32)(H,29,31). The largest absolute Gasteiger partial charge is 0.493 e. The lowest BCUT2D eigenvalue weighted by Gasteiger charge is -2.23. The molecule has 0 atom stereocenters. The molecule has 6 nitrogen and oxygen atoms in total. The van der Waals surface area contributed by atoms with Crippen LogP contribution in [0.2, 0.25) is 0 Å². The lowest BCUT2D eigenvalue weighted by Crippen LogP contribution is -2.37. The van der Waals surface area contributed by atoms with Crippen molar-refractivity contribution in [2.75, 3.05) is 26.2 Å². The van der Waals surface area contributed by atoms with Crippen molar-refractivity contribution in [3.8, 4) is 5.75 Å². The summed E-state index contributed by atoms with van der Waals surface area (Å²) in [6.45, 7) is 3.70. The van der Waals surface area contributed by atoms with Crippen molar-refractivity contribution in [3.05, 3.63) is 65.2 Å². The quantitative estimate of drug-likeness (QED) is 0.709. The molecular weight excluding hydrogens is 414 g/mol. The van der Waals surface area contributed by atoms with Crippen molar-refractivity contribution < 1.29 is 14.3 Å². The number of carbonyl (C=O) groups excluding carboxylic acids is 2. The fourth-order valence-corrected chi connectivity index (χ4v) is 4.16. The Labute approximate surface area is 196 Å². The number of ether oxygens (including phenoxy) is 1. The van der Waals surface area contributed by atoms with Crippen LogP contribution in [0.3, 0.4) is 0 Å². The molecule has 1 aliphatic heterocycles. The summed E-state index contributed by atoms with van der Waals surface area (Å²) in [5.74, 6) is 1.62. The Morgan fingerprint density at radius 2 is 1.88 bits per heavy atom. The summed E-state index contributed by atoms with van der Waals surface area (Å²) >= 11 is 0. The number of fused-ring (bicyclic) bond motifs is 1. The first-order chi connectivity index (χ1) is 16.2. The zero-order chi connectivity index (χ0) is 22.9. The second-order valence-corrected chi connectivity index (χ2v) is 9.26. The highest BCUT2D eigenvalue weighted by molar-refractivity contribution is 5.79. The van der Waals surface area contributed by atoms with E-state index in [2.05, 4.69) is 33.7 Å². The Kier molecular flexibility index (Phi) is 8.36. The Morgan fingerprint density at radius 3 is 2.70 bits per heavy atom. The predicted molar refractivity (Wildman–Crippen MR) is 129 cm³/mol. The first-order valence-corrected chi connectivity index (χ1v) is 12.2. The van der Waals surface area contributed by atoms with Gasteiger partial charge < -0.3 is 15.4 Å². The zero-order valence-corrected chi connectivity index (χ0v) is 19.4. The average molecular weight is 450 g/mol. The number of amides is 2. The van der Waals surface area contributed by atoms with Gasteiger partial charge in [-0.1, -0.05) is 42.5 Å². The van der Waals surface area contributed by atoms with Crippen molar-refractivity contribution in [1.29, 1.82) is 0 Å². The highest BCUT2D eigenvalue weighted by atomic mass is 16.5. The van der Waals surface area contributed by atoms with E-state index in [0.717, 1.165) is 48.2 Å². The fraction of sp³-hybridized carbons (Fsp3) is 0.481. The number of rotatable bonds is 6. The van der Waals surface area contributed by atoms with Gasteiger partial charge in [-0.2, -0.15) is 0 Å². The van der Waals surface area contributed by atoms with Gasteiger partial charge in [-0.15, -0.1) is 0 Å². The van der Waals surface area contributed by atoms with Crippen LogP contribution in [0.15, 0.2) is 48.5 Å². The van der Waals surface area contributed by atoms with E-state index in [4.69, 9.17) is 4.74 Å². The van der Waals surface area contributed by atoms with Crippen LogP contribution in [0, 0.1) is 5.92 Å². The van der Waals surface area contributed by atoms with Gasteiger partial charge >= 0.3 is 0 Å². The molecule has 1 heterocycles. The summed E-state index contributed by atoms with van der Waals surface area (Å²) in [4.78, 5) is 27.1. The van der Waals surface area contributed by atoms with Crippen LogP contribution in [-0.2, 0) is 29.1 Å². The average Bonchev–Trinajstić information content (AvgIpc) is 3.63. The van der Waals surface area contributed by atoms with Gasteiger partial charge in [0.25, 0.3) is 0 Å². The maximum Gasteiger partial charge on any atom is 0.234 e. The van der Waals surface area contributed by atoms with Crippen molar-refractivity contribution in [3.63, 3.8) is 0 Å². The normalized spacial score (nSPS) is 18.0. The fourth-order valence-electron chi connectivity index (χ4n) is 4.16. The SMILES string of the molecule is O=C(Cc1ccc2c(c1)CN(Cc1ccccc1)CC(=O)NCCCCCO2)NCC1CC1. The summed E-state index contributed by atoms with van der Waals surface area (Å²) in [5, 5.41) is 6.10. The number of nitrogens with zero attached hydrogens (tertiary/aromatic N) is 1. The number of hydrogen-bond donors (Lipinski definition) is 2. The molecule has 2 aliphatic rings. The van der Waals surface area contributed by atoms with Crippen LogP contribution in [0.25, 0.3) is 0 Å². The number of nitrogens with one attached hydrogen (secondary N) is 2. The zero-order valence-electron chi connectivity index (χ0n) is 19.4. The number of carbonyl (C=O) groups is 2. The highest BCUT2D eigenvalue weighted by Gasteiger charge is 2.22. The van der Waals surface area contributed by atoms with E-state index in [1.165, 1.54) is 12.8 Å². The number of benzene rings is 2. The molecule has 0 radical (unpaired) electrons. The molecule has 6 heteroatoms. The molecule has 0 unspecified atom stereocenters. The molecule has 176 valence electrons. The molecule has 0 bridgehead atoms. The Bertz CT molecular complexity index is 927. The molecule has 0 saturated heterocycles. The third kappa shape index (κ3) is 7.90. The predicted octanol–water partition coefficient (Wildman–Crippen LogP) is 3.44. The molecule has 1 aliphatic carbocycles. The third-order valence-corrected chi connectivity index (χ3v) is 6.19. The molecule has 2 aromatic rings. The molecule has 2 N–H and O–H groups in total. The van der Waals surface area contributed by atoms with Crippen LogP contribution in [-0.4, -0.2) is 43.0 Å². The van der Waals surface area contributed by atoms with Gasteiger partial charge in [0.05, 0.1) is 19.6 Å². The molecular formula is C27H35N3O3. The lowest BCUT2D eigenvalue weighted by atomic mass is 10.1. The highest BCUT2D eigenvalue weighted by Crippen LogP contribution is 2.28. The van der Waals surface area contributed by atoms with Crippen LogP contribution < -0.4 is 15.4 Å². The van der Waals surface area contributed by atoms with Gasteiger partial charge in [0.1, 0.15) is 5.75 Å². The molecule has 4 rings (SSSR count). The minimum atomic E-state index is 0.0447. The van der Waals surface area contributed by atoms with E-state index in [1.807, 2.05) is 30.3 Å². The molecule has 1 fully saturated rings. The van der Waals surface area contributed by atoms with Crippen LogP contribution in [0.1, 0.15) is 48.8 Å². The van der Waals surface area contributed by atoms with E-state index in [0.29, 0.717) is 45.1 Å². The first kappa shape index (κ1) is 23.3. The van der Waals surface area contributed by atoms with Crippen LogP contribution in [0.5, 0.6) is 5.75 Å². The maximum absolute atomic E-state index is 12.6. The van der Waals surface area contributed by atoms with Gasteiger partial charge in [0.2, 0.25) is 11.8 Å². The Morgan fingerprint density at radius 1 is 1.03 bits per heavy atom. The van der Waals surface area contributed by atoms with Crippen molar-refractivity contribution in [2.24, 2.45) is 5.92 Å². The summed E-state index contributed by atoms with van der Waals surface area (Å²) in [5.41, 5.74) is 3.15. The molecule has 2 aromatic carbocycles. The summed E-state index contributed by atoms with van der Waals surface area (Å²) < 4.78 is 6.14. The smallest absolute Gasteiger partial charge is 0.234 e. The molecule has 0 aromatic heterocycles. The van der Waals surface area contributed by atoms with Gasteiger partial charge in [0.15, 0.2) is 0 Å². The van der Waals surface area contributed by atoms with Crippen molar-refractivity contribution >= 4 is 11.8 Å². The lowest BCUT2D eigenvalue weighted by molar-refractivity contribution is -0.122. The van der Waals surface area contributed by atoms with Crippen LogP contribution in [0.4, 0.5) is 0 Å². The molecule has 2 amide bonds. The second-order valence-electron chi connectivity index (χ2n) is 9.26. The van der Waals surface area contributed by atoms with E-state index in [-0.39, 0.29) is 11.8 Å². The van der Waals surface area contributed by atoms with Gasteiger partial charge in [-0.3, -0.25) is 14.5 Å². The van der Waals surface area contributed by atoms with Gasteiger partial charge in [0, 0.05) is 31.7 Å². The second kappa shape index (κ2) is 11.8. The first-order valence-electron chi connectivity index (χ1n) is 12.2. The monoisotopic (exact) mass is 449 g/mol. The minimum absolute atomic E-state index is 0.0447. The summed E-state index contributed by atoms with van der Waals surface area (Å²) in [7, 11) is 0. The summed E-state index contributed by atoms with van der Waals surface area (Å²) in [6.07, 6.45) is 5.73. The molecule has 1 saturated carbocycles. The van der Waals surface area contributed by atoms with E-state index < -0.39 is 0 Å². The topological polar surface area (TPSA) is 70.7 Å². The van der Waals surface area contributed by atoms with E-state index in [1.54, 1.807) is 0 Å². The minimum Gasteiger partial charge on any atom is -0.493 e. The van der Waals surface area contributed by atoms with Crippen molar-refractivity contribution in [1.82, 2.24) is 15.5 Å². The van der Waals surface area contributed by atoms with Crippen molar-refractivity contribution in [2.45, 2.75) is 51.6 Å². The molecule has 33 heavy (non-hydrogen) atoms. The van der Waals surface area contributed by atoms with E-state index >= 15 is 0 Å². The Balaban J connectivity index is 1.52.